The van der Waals surface area contributed by atoms with E-state index in [0.717, 1.165) is 16.9 Å². The number of hydrogen-bond donors (Lipinski definition) is 0. The molecule has 2 aliphatic heterocycles. The Morgan fingerprint density at radius 2 is 1.73 bits per heavy atom. The maximum Gasteiger partial charge on any atom is 0.343 e. The average Bonchev–Trinajstić information content (AvgIpc) is 3.09. The van der Waals surface area contributed by atoms with Gasteiger partial charge in [0.1, 0.15) is 23.9 Å². The molecule has 0 fully saturated rings. The summed E-state index contributed by atoms with van der Waals surface area (Å²) in [4.78, 5) is 24.9. The molecule has 0 amide bonds. The molecular weight excluding hydrogens is 380 g/mol. The number of hydrogen-bond acceptors (Lipinski definition) is 5. The Kier molecular flexibility index (Phi) is 4.41. The van der Waals surface area contributed by atoms with E-state index in [1.54, 1.807) is 48.5 Å². The van der Waals surface area contributed by atoms with Crippen molar-refractivity contribution in [2.75, 3.05) is 6.61 Å². The van der Waals surface area contributed by atoms with Crippen molar-refractivity contribution in [2.24, 2.45) is 0 Å². The van der Waals surface area contributed by atoms with Gasteiger partial charge in [0.25, 0.3) is 0 Å². The number of ketones is 1. The SMILES string of the molecule is O=C(Oc1ccc2c(c1)OC(=CC1=Cc3ccccc3OC1)C2=O)c1ccccc1. The molecule has 0 atom stereocenters. The van der Waals surface area contributed by atoms with Gasteiger partial charge in [-0.2, -0.15) is 0 Å². The number of carbonyl (C=O) groups excluding carboxylic acids is 2. The Bertz CT molecular complexity index is 1220. The van der Waals surface area contributed by atoms with Gasteiger partial charge in [-0.05, 0) is 48.1 Å². The van der Waals surface area contributed by atoms with Gasteiger partial charge in [-0.3, -0.25) is 4.79 Å². The van der Waals surface area contributed by atoms with E-state index in [1.807, 2.05) is 36.4 Å². The van der Waals surface area contributed by atoms with Gasteiger partial charge in [-0.15, -0.1) is 0 Å². The molecule has 5 nitrogen and oxygen atoms in total. The maximum atomic E-state index is 12.7. The number of rotatable bonds is 3. The summed E-state index contributed by atoms with van der Waals surface area (Å²) in [6, 6.07) is 21.1. The minimum Gasteiger partial charge on any atom is -0.488 e. The van der Waals surface area contributed by atoms with Crippen molar-refractivity contribution in [3.05, 3.63) is 107 Å². The van der Waals surface area contributed by atoms with Crippen LogP contribution >= 0.6 is 0 Å². The number of carbonyl (C=O) groups is 2. The average molecular weight is 396 g/mol. The fraction of sp³-hybridized carbons (Fsp3) is 0.0400. The van der Waals surface area contributed by atoms with Crippen molar-refractivity contribution in [3.63, 3.8) is 0 Å². The number of fused-ring (bicyclic) bond motifs is 2. The lowest BCUT2D eigenvalue weighted by Crippen LogP contribution is -2.08. The summed E-state index contributed by atoms with van der Waals surface area (Å²) in [5.74, 6) is 1.01. The number of ether oxygens (including phenoxy) is 3. The molecule has 2 aliphatic rings. The smallest absolute Gasteiger partial charge is 0.343 e. The quantitative estimate of drug-likeness (QED) is 0.360. The highest BCUT2D eigenvalue weighted by atomic mass is 16.5. The monoisotopic (exact) mass is 396 g/mol. The molecule has 2 heterocycles. The summed E-state index contributed by atoms with van der Waals surface area (Å²) in [5, 5.41) is 0. The number of allylic oxidation sites excluding steroid dienone is 1. The highest BCUT2D eigenvalue weighted by Crippen LogP contribution is 2.35. The van der Waals surface area contributed by atoms with E-state index >= 15 is 0 Å². The van der Waals surface area contributed by atoms with Crippen LogP contribution in [-0.4, -0.2) is 18.4 Å². The van der Waals surface area contributed by atoms with Crippen LogP contribution in [0.3, 0.4) is 0 Å². The number of para-hydroxylation sites is 1. The second-order valence-electron chi connectivity index (χ2n) is 6.90. The zero-order valence-electron chi connectivity index (χ0n) is 15.8. The van der Waals surface area contributed by atoms with E-state index < -0.39 is 5.97 Å². The van der Waals surface area contributed by atoms with E-state index in [0.29, 0.717) is 29.2 Å². The standard InChI is InChI=1S/C25H16O5/c26-24-20-11-10-19(29-25(27)17-6-2-1-3-7-17)14-22(20)30-23(24)13-16-12-18-8-4-5-9-21(18)28-15-16/h1-14H,15H2. The van der Waals surface area contributed by atoms with Gasteiger partial charge >= 0.3 is 5.97 Å². The lowest BCUT2D eigenvalue weighted by molar-refractivity contribution is 0.0734. The first-order chi connectivity index (χ1) is 14.7. The van der Waals surface area contributed by atoms with Crippen molar-refractivity contribution in [1.82, 2.24) is 0 Å². The predicted octanol–water partition coefficient (Wildman–Crippen LogP) is 4.84. The summed E-state index contributed by atoms with van der Waals surface area (Å²) < 4.78 is 16.9. The minimum atomic E-state index is -0.473. The van der Waals surface area contributed by atoms with Crippen LogP contribution in [0.5, 0.6) is 17.2 Å². The van der Waals surface area contributed by atoms with Crippen LogP contribution in [0.2, 0.25) is 0 Å². The zero-order chi connectivity index (χ0) is 20.5. The molecule has 0 aromatic heterocycles. The normalized spacial score (nSPS) is 15.5. The first-order valence-electron chi connectivity index (χ1n) is 9.45. The molecule has 146 valence electrons. The molecule has 0 bridgehead atoms. The van der Waals surface area contributed by atoms with E-state index in [4.69, 9.17) is 14.2 Å². The minimum absolute atomic E-state index is 0.214. The van der Waals surface area contributed by atoms with Crippen LogP contribution in [0, 0.1) is 0 Å². The van der Waals surface area contributed by atoms with Crippen LogP contribution in [0.15, 0.2) is 90.2 Å². The first kappa shape index (κ1) is 17.9. The van der Waals surface area contributed by atoms with Crippen molar-refractivity contribution in [1.29, 1.82) is 0 Å². The highest BCUT2D eigenvalue weighted by Gasteiger charge is 2.28. The van der Waals surface area contributed by atoms with Gasteiger partial charge in [0.15, 0.2) is 5.76 Å². The van der Waals surface area contributed by atoms with Crippen LogP contribution in [0.1, 0.15) is 26.3 Å². The Labute approximate surface area is 172 Å². The van der Waals surface area contributed by atoms with Gasteiger partial charge < -0.3 is 14.2 Å². The highest BCUT2D eigenvalue weighted by molar-refractivity contribution is 6.12. The molecule has 5 rings (SSSR count). The predicted molar refractivity (Wildman–Crippen MR) is 111 cm³/mol. The van der Waals surface area contributed by atoms with Gasteiger partial charge in [0.05, 0.1) is 11.1 Å². The summed E-state index contributed by atoms with van der Waals surface area (Å²) in [5.41, 5.74) is 2.66. The van der Waals surface area contributed by atoms with Gasteiger partial charge in [-0.1, -0.05) is 36.4 Å². The molecule has 0 aliphatic carbocycles. The Hall–Kier alpha value is -4.12. The van der Waals surface area contributed by atoms with Crippen molar-refractivity contribution < 1.29 is 23.8 Å². The molecule has 0 N–H and O–H groups in total. The molecule has 0 unspecified atom stereocenters. The number of esters is 1. The van der Waals surface area contributed by atoms with Crippen LogP contribution in [0.25, 0.3) is 6.08 Å². The third-order valence-corrected chi connectivity index (χ3v) is 4.83. The third kappa shape index (κ3) is 3.37. The molecule has 0 spiro atoms. The third-order valence-electron chi connectivity index (χ3n) is 4.83. The second kappa shape index (κ2) is 7.37. The molecule has 0 saturated carbocycles. The zero-order valence-corrected chi connectivity index (χ0v) is 15.8. The molecule has 0 radical (unpaired) electrons. The van der Waals surface area contributed by atoms with E-state index in [9.17, 15) is 9.59 Å². The fourth-order valence-corrected chi connectivity index (χ4v) is 3.36. The molecule has 3 aromatic rings. The van der Waals surface area contributed by atoms with Crippen LogP contribution in [0.4, 0.5) is 0 Å². The lowest BCUT2D eigenvalue weighted by Gasteiger charge is -2.15. The van der Waals surface area contributed by atoms with Crippen LogP contribution < -0.4 is 14.2 Å². The molecule has 5 heteroatoms. The first-order valence-corrected chi connectivity index (χ1v) is 9.45. The summed E-state index contributed by atoms with van der Waals surface area (Å²) >= 11 is 0. The largest absolute Gasteiger partial charge is 0.488 e. The molecule has 3 aromatic carbocycles. The van der Waals surface area contributed by atoms with E-state index in [1.165, 1.54) is 0 Å². The number of Topliss-reactive ketones (excluding diaryl/α,β-unsaturated/α-hetero) is 1. The molecule has 30 heavy (non-hydrogen) atoms. The Morgan fingerprint density at radius 1 is 0.933 bits per heavy atom. The molecular formula is C25H16O5. The summed E-state index contributed by atoms with van der Waals surface area (Å²) in [7, 11) is 0. The fourth-order valence-electron chi connectivity index (χ4n) is 3.36. The Morgan fingerprint density at radius 3 is 2.60 bits per heavy atom. The van der Waals surface area contributed by atoms with Gasteiger partial charge in [0.2, 0.25) is 5.78 Å². The molecule has 0 saturated heterocycles. The van der Waals surface area contributed by atoms with E-state index in [-0.39, 0.29) is 11.5 Å². The van der Waals surface area contributed by atoms with Crippen LogP contribution in [-0.2, 0) is 0 Å². The van der Waals surface area contributed by atoms with Crippen molar-refractivity contribution in [3.8, 4) is 17.2 Å². The summed E-state index contributed by atoms with van der Waals surface area (Å²) in [6.07, 6.45) is 3.66. The van der Waals surface area contributed by atoms with Crippen molar-refractivity contribution in [2.45, 2.75) is 0 Å². The van der Waals surface area contributed by atoms with Gasteiger partial charge in [0, 0.05) is 11.6 Å². The Balaban J connectivity index is 1.37. The topological polar surface area (TPSA) is 61.8 Å². The number of benzene rings is 3. The maximum absolute atomic E-state index is 12.7. The lowest BCUT2D eigenvalue weighted by atomic mass is 10.1. The summed E-state index contributed by atoms with van der Waals surface area (Å²) in [6.45, 7) is 0.355. The van der Waals surface area contributed by atoms with Gasteiger partial charge in [-0.25, -0.2) is 4.79 Å². The van der Waals surface area contributed by atoms with Crippen molar-refractivity contribution >= 4 is 17.8 Å². The van der Waals surface area contributed by atoms with E-state index in [2.05, 4.69) is 0 Å². The second-order valence-corrected chi connectivity index (χ2v) is 6.90.